The molecule has 0 aromatic carbocycles. The second-order valence-corrected chi connectivity index (χ2v) is 15.1. The number of aliphatic hydroxyl groups is 2. The van der Waals surface area contributed by atoms with Gasteiger partial charge < -0.3 is 15.3 Å². The molecule has 4 nitrogen and oxygen atoms in total. The molecule has 0 saturated heterocycles. The van der Waals surface area contributed by atoms with Crippen LogP contribution in [0.25, 0.3) is 0 Å². The Bertz CT molecular complexity index is 923. The first-order chi connectivity index (χ1) is 15.6. The quantitative estimate of drug-likeness (QED) is 0.353. The minimum atomic E-state index is -0.681. The Morgan fingerprint density at radius 1 is 0.886 bits per heavy atom. The first-order valence-corrected chi connectivity index (χ1v) is 13.9. The van der Waals surface area contributed by atoms with Crippen LogP contribution in [-0.4, -0.2) is 33.5 Å². The lowest BCUT2D eigenvalue weighted by Gasteiger charge is -2.72. The number of carbonyl (C=O) groups is 1. The molecule has 0 aromatic heterocycles. The standard InChI is InChI=1S/C30H48O4.CH4/c1-25(2)21-8-11-30(7)23(28(21,5)10-9-22(25)32)20(31)16-18-19-17-27(4,24(33)34)13-12-26(19,3)14-15-29(18,30)6;/h16,19-23,31-32H,8-15,17H2,1-7H3,(H,33,34);1H4/t19-,20?,21-,22-,23+,26+,27-,28-,29+,30+;/m0./s1. The van der Waals surface area contributed by atoms with E-state index in [-0.39, 0.29) is 52.4 Å². The molecule has 5 aliphatic carbocycles. The molecule has 10 atom stereocenters. The van der Waals surface area contributed by atoms with Gasteiger partial charge in [0.15, 0.2) is 0 Å². The molecule has 3 N–H and O–H groups in total. The first-order valence-electron chi connectivity index (χ1n) is 13.9. The van der Waals surface area contributed by atoms with E-state index in [4.69, 9.17) is 0 Å². The molecule has 35 heavy (non-hydrogen) atoms. The van der Waals surface area contributed by atoms with Gasteiger partial charge in [-0.1, -0.05) is 60.6 Å². The molecular formula is C31H52O4. The summed E-state index contributed by atoms with van der Waals surface area (Å²) in [6, 6.07) is 0. The average Bonchev–Trinajstić information content (AvgIpc) is 2.73. The highest BCUT2D eigenvalue weighted by atomic mass is 16.4. The van der Waals surface area contributed by atoms with Crippen molar-refractivity contribution in [1.82, 2.24) is 0 Å². The van der Waals surface area contributed by atoms with Gasteiger partial charge in [0.1, 0.15) is 0 Å². The van der Waals surface area contributed by atoms with Gasteiger partial charge in [-0.2, -0.15) is 0 Å². The number of hydrogen-bond donors (Lipinski definition) is 3. The fourth-order valence-electron chi connectivity index (χ4n) is 10.6. The molecule has 0 aliphatic heterocycles. The number of carboxylic acids is 1. The first kappa shape index (κ1) is 27.2. The van der Waals surface area contributed by atoms with Crippen molar-refractivity contribution in [3.63, 3.8) is 0 Å². The number of carboxylic acid groups (broad SMARTS) is 1. The van der Waals surface area contributed by atoms with E-state index in [1.807, 2.05) is 6.92 Å². The minimum absolute atomic E-state index is 0. The Morgan fingerprint density at radius 3 is 2.14 bits per heavy atom. The monoisotopic (exact) mass is 488 g/mol. The molecule has 0 bridgehead atoms. The van der Waals surface area contributed by atoms with Crippen molar-refractivity contribution in [2.45, 2.75) is 126 Å². The third-order valence-corrected chi connectivity index (χ3v) is 13.3. The van der Waals surface area contributed by atoms with Crippen LogP contribution in [0.5, 0.6) is 0 Å². The Labute approximate surface area is 214 Å². The summed E-state index contributed by atoms with van der Waals surface area (Å²) in [6.07, 6.45) is 10.0. The molecule has 0 heterocycles. The Balaban J connectivity index is 0.00000289. The SMILES string of the molecule is C.CC1(C)[C@@H](O)CC[C@]2(C)[C@H]3C(O)C=C4[C@@H]5C[C@@](C)(C(=O)O)CC[C@]5(C)CC[C@@]4(C)[C@]3(C)CC[C@@H]12. The van der Waals surface area contributed by atoms with Crippen LogP contribution in [0.3, 0.4) is 0 Å². The van der Waals surface area contributed by atoms with Crippen molar-refractivity contribution in [1.29, 1.82) is 0 Å². The van der Waals surface area contributed by atoms with E-state index in [1.165, 1.54) is 5.57 Å². The topological polar surface area (TPSA) is 77.8 Å². The zero-order chi connectivity index (χ0) is 25.1. The van der Waals surface area contributed by atoms with Crippen molar-refractivity contribution < 1.29 is 20.1 Å². The number of aliphatic carboxylic acids is 1. The van der Waals surface area contributed by atoms with Crippen LogP contribution >= 0.6 is 0 Å². The van der Waals surface area contributed by atoms with E-state index in [9.17, 15) is 20.1 Å². The van der Waals surface area contributed by atoms with Crippen molar-refractivity contribution in [2.75, 3.05) is 0 Å². The fourth-order valence-corrected chi connectivity index (χ4v) is 10.6. The van der Waals surface area contributed by atoms with Crippen LogP contribution in [-0.2, 0) is 4.79 Å². The van der Waals surface area contributed by atoms with E-state index in [0.717, 1.165) is 51.4 Å². The van der Waals surface area contributed by atoms with Crippen LogP contribution < -0.4 is 0 Å². The van der Waals surface area contributed by atoms with Gasteiger partial charge in [-0.05, 0) is 104 Å². The summed E-state index contributed by atoms with van der Waals surface area (Å²) in [4.78, 5) is 12.2. The molecule has 4 saturated carbocycles. The molecule has 0 spiro atoms. The maximum Gasteiger partial charge on any atom is 0.309 e. The summed E-state index contributed by atoms with van der Waals surface area (Å²) in [5.41, 5.74) is 0.613. The van der Waals surface area contributed by atoms with Gasteiger partial charge >= 0.3 is 5.97 Å². The van der Waals surface area contributed by atoms with Crippen molar-refractivity contribution >= 4 is 5.97 Å². The smallest absolute Gasteiger partial charge is 0.309 e. The number of rotatable bonds is 1. The lowest BCUT2D eigenvalue weighted by molar-refractivity contribution is -0.224. The summed E-state index contributed by atoms with van der Waals surface area (Å²) in [5.74, 6) is 0.120. The van der Waals surface area contributed by atoms with Crippen molar-refractivity contribution in [3.8, 4) is 0 Å². The third-order valence-electron chi connectivity index (χ3n) is 13.3. The molecular weight excluding hydrogens is 436 g/mol. The Hall–Kier alpha value is -0.870. The van der Waals surface area contributed by atoms with Gasteiger partial charge in [-0.15, -0.1) is 0 Å². The molecule has 0 radical (unpaired) electrons. The normalized spacial score (nSPS) is 54.7. The van der Waals surface area contributed by atoms with Crippen LogP contribution in [0.4, 0.5) is 0 Å². The van der Waals surface area contributed by atoms with Crippen LogP contribution in [0.15, 0.2) is 11.6 Å². The lowest BCUT2D eigenvalue weighted by atomic mass is 9.33. The summed E-state index contributed by atoms with van der Waals surface area (Å²) >= 11 is 0. The summed E-state index contributed by atoms with van der Waals surface area (Å²) < 4.78 is 0. The van der Waals surface area contributed by atoms with Crippen molar-refractivity contribution in [2.24, 2.45) is 50.2 Å². The molecule has 5 aliphatic rings. The van der Waals surface area contributed by atoms with Gasteiger partial charge in [0.2, 0.25) is 0 Å². The number of fused-ring (bicyclic) bond motifs is 7. The maximum atomic E-state index is 12.2. The van der Waals surface area contributed by atoms with Gasteiger partial charge in [-0.25, -0.2) is 0 Å². The van der Waals surface area contributed by atoms with Gasteiger partial charge in [0, 0.05) is 5.92 Å². The highest BCUT2D eigenvalue weighted by Gasteiger charge is 2.70. The Morgan fingerprint density at radius 2 is 1.51 bits per heavy atom. The summed E-state index contributed by atoms with van der Waals surface area (Å²) in [6.45, 7) is 16.1. The van der Waals surface area contributed by atoms with Crippen LogP contribution in [0.1, 0.15) is 114 Å². The lowest BCUT2D eigenvalue weighted by Crippen LogP contribution is -2.67. The molecule has 5 rings (SSSR count). The van der Waals surface area contributed by atoms with E-state index in [2.05, 4.69) is 47.6 Å². The van der Waals surface area contributed by atoms with Gasteiger partial charge in [0.05, 0.1) is 17.6 Å². The second kappa shape index (κ2) is 7.82. The highest BCUT2D eigenvalue weighted by Crippen LogP contribution is 2.75. The number of allylic oxidation sites excluding steroid dienone is 1. The summed E-state index contributed by atoms with van der Waals surface area (Å²) in [5, 5.41) is 32.9. The van der Waals surface area contributed by atoms with E-state index in [0.29, 0.717) is 12.3 Å². The molecule has 1 unspecified atom stereocenters. The molecule has 4 heteroatoms. The molecule has 0 amide bonds. The molecule has 200 valence electrons. The predicted molar refractivity (Wildman–Crippen MR) is 141 cm³/mol. The summed E-state index contributed by atoms with van der Waals surface area (Å²) in [7, 11) is 0. The second-order valence-electron chi connectivity index (χ2n) is 15.1. The molecule has 0 aromatic rings. The van der Waals surface area contributed by atoms with Crippen molar-refractivity contribution in [3.05, 3.63) is 11.6 Å². The van der Waals surface area contributed by atoms with Crippen LogP contribution in [0.2, 0.25) is 0 Å². The Kier molecular flexibility index (Phi) is 6.07. The minimum Gasteiger partial charge on any atom is -0.481 e. The zero-order valence-electron chi connectivity index (χ0n) is 22.6. The maximum absolute atomic E-state index is 12.2. The zero-order valence-corrected chi connectivity index (χ0v) is 22.6. The van der Waals surface area contributed by atoms with E-state index >= 15 is 0 Å². The van der Waals surface area contributed by atoms with Crippen LogP contribution in [0, 0.1) is 50.2 Å². The van der Waals surface area contributed by atoms with Gasteiger partial charge in [-0.3, -0.25) is 4.79 Å². The van der Waals surface area contributed by atoms with Gasteiger partial charge in [0.25, 0.3) is 0 Å². The van der Waals surface area contributed by atoms with E-state index < -0.39 is 17.5 Å². The number of hydrogen-bond acceptors (Lipinski definition) is 3. The average molecular weight is 489 g/mol. The van der Waals surface area contributed by atoms with E-state index in [1.54, 1.807) is 0 Å². The third kappa shape index (κ3) is 3.27. The largest absolute Gasteiger partial charge is 0.481 e. The highest BCUT2D eigenvalue weighted by molar-refractivity contribution is 5.74. The predicted octanol–water partition coefficient (Wildman–Crippen LogP) is 6.84. The molecule has 4 fully saturated rings. The number of aliphatic hydroxyl groups excluding tert-OH is 2. The fraction of sp³-hybridized carbons (Fsp3) is 0.903.